The number of hydrogen-bond acceptors (Lipinski definition) is 3. The number of carbonyl (C=O) groups is 1. The lowest BCUT2D eigenvalue weighted by Gasteiger charge is -2.20. The van der Waals surface area contributed by atoms with Gasteiger partial charge >= 0.3 is 0 Å². The lowest BCUT2D eigenvalue weighted by molar-refractivity contribution is 0.0930. The SMILES string of the molecule is CCC(NC(=O)c1nc(Cl)ccc1Cl)c1ccccc1OC. The van der Waals surface area contributed by atoms with Gasteiger partial charge in [0.25, 0.3) is 5.91 Å². The van der Waals surface area contributed by atoms with Gasteiger partial charge in [0.15, 0.2) is 0 Å². The van der Waals surface area contributed by atoms with E-state index in [9.17, 15) is 4.79 Å². The van der Waals surface area contributed by atoms with Crippen molar-refractivity contribution in [1.29, 1.82) is 0 Å². The molecule has 0 aliphatic carbocycles. The van der Waals surface area contributed by atoms with Gasteiger partial charge in [0.1, 0.15) is 16.6 Å². The molecule has 0 saturated carbocycles. The molecule has 0 aliphatic heterocycles. The number of amides is 1. The first-order chi connectivity index (χ1) is 10.6. The van der Waals surface area contributed by atoms with Crippen molar-refractivity contribution in [1.82, 2.24) is 10.3 Å². The van der Waals surface area contributed by atoms with E-state index in [4.69, 9.17) is 27.9 Å². The molecule has 0 spiro atoms. The maximum absolute atomic E-state index is 12.4. The number of benzene rings is 1. The summed E-state index contributed by atoms with van der Waals surface area (Å²) in [4.78, 5) is 16.4. The van der Waals surface area contributed by atoms with Crippen LogP contribution in [0.4, 0.5) is 0 Å². The third-order valence-electron chi connectivity index (χ3n) is 3.26. The molecule has 1 N–H and O–H groups in total. The van der Waals surface area contributed by atoms with Gasteiger partial charge in [-0.25, -0.2) is 4.98 Å². The van der Waals surface area contributed by atoms with Crippen LogP contribution in [0.25, 0.3) is 0 Å². The van der Waals surface area contributed by atoms with E-state index in [0.717, 1.165) is 11.3 Å². The van der Waals surface area contributed by atoms with Crippen molar-refractivity contribution in [2.45, 2.75) is 19.4 Å². The fraction of sp³-hybridized carbons (Fsp3) is 0.250. The lowest BCUT2D eigenvalue weighted by atomic mass is 10.0. The molecule has 6 heteroatoms. The summed E-state index contributed by atoms with van der Waals surface area (Å²) >= 11 is 11.8. The van der Waals surface area contributed by atoms with E-state index in [-0.39, 0.29) is 27.8 Å². The van der Waals surface area contributed by atoms with E-state index in [1.165, 1.54) is 6.07 Å². The van der Waals surface area contributed by atoms with Crippen molar-refractivity contribution in [3.05, 3.63) is 57.8 Å². The van der Waals surface area contributed by atoms with Gasteiger partial charge in [0, 0.05) is 5.56 Å². The molecule has 2 aromatic rings. The first-order valence-electron chi connectivity index (χ1n) is 6.82. The average Bonchev–Trinajstić information content (AvgIpc) is 2.54. The van der Waals surface area contributed by atoms with Gasteiger partial charge in [-0.1, -0.05) is 48.3 Å². The first-order valence-corrected chi connectivity index (χ1v) is 7.58. The fourth-order valence-corrected chi connectivity index (χ4v) is 2.50. The van der Waals surface area contributed by atoms with Crippen LogP contribution in [0.15, 0.2) is 36.4 Å². The standard InChI is InChI=1S/C16H16Cl2N2O2/c1-3-12(10-6-4-5-7-13(10)22-2)19-16(21)15-11(17)8-9-14(18)20-15/h4-9,12H,3H2,1-2H3,(H,19,21). The number of pyridine rings is 1. The number of ether oxygens (including phenoxy) is 1. The van der Waals surface area contributed by atoms with Crippen molar-refractivity contribution in [3.8, 4) is 5.75 Å². The van der Waals surface area contributed by atoms with E-state index in [1.807, 2.05) is 31.2 Å². The molecule has 1 aromatic carbocycles. The van der Waals surface area contributed by atoms with E-state index < -0.39 is 0 Å². The third kappa shape index (κ3) is 3.70. The molecular weight excluding hydrogens is 323 g/mol. The predicted octanol–water partition coefficient (Wildman–Crippen LogP) is 4.28. The molecule has 22 heavy (non-hydrogen) atoms. The van der Waals surface area contributed by atoms with Crippen molar-refractivity contribution in [2.75, 3.05) is 7.11 Å². The summed E-state index contributed by atoms with van der Waals surface area (Å²) in [7, 11) is 1.60. The highest BCUT2D eigenvalue weighted by Gasteiger charge is 2.20. The minimum atomic E-state index is -0.370. The molecular formula is C16H16Cl2N2O2. The summed E-state index contributed by atoms with van der Waals surface area (Å²) in [5.74, 6) is 0.352. The quantitative estimate of drug-likeness (QED) is 0.828. The number of aromatic nitrogens is 1. The van der Waals surface area contributed by atoms with Crippen molar-refractivity contribution < 1.29 is 9.53 Å². The average molecular weight is 339 g/mol. The van der Waals surface area contributed by atoms with Crippen LogP contribution < -0.4 is 10.1 Å². The summed E-state index contributed by atoms with van der Waals surface area (Å²) in [6, 6.07) is 10.4. The van der Waals surface area contributed by atoms with Gasteiger partial charge < -0.3 is 10.1 Å². The normalized spacial score (nSPS) is 11.8. The Labute approximate surface area is 139 Å². The highest BCUT2D eigenvalue weighted by Crippen LogP contribution is 2.27. The number of halogens is 2. The summed E-state index contributed by atoms with van der Waals surface area (Å²) in [6.45, 7) is 1.98. The van der Waals surface area contributed by atoms with Crippen LogP contribution in [0.2, 0.25) is 10.2 Å². The molecule has 1 atom stereocenters. The Bertz CT molecular complexity index is 677. The highest BCUT2D eigenvalue weighted by atomic mass is 35.5. The Hall–Kier alpha value is -1.78. The minimum Gasteiger partial charge on any atom is -0.496 e. The zero-order valence-electron chi connectivity index (χ0n) is 12.3. The summed E-state index contributed by atoms with van der Waals surface area (Å²) < 4.78 is 5.34. The summed E-state index contributed by atoms with van der Waals surface area (Å²) in [5.41, 5.74) is 1.02. The Morgan fingerprint density at radius 3 is 2.68 bits per heavy atom. The van der Waals surface area contributed by atoms with Crippen LogP contribution in [0.3, 0.4) is 0 Å². The highest BCUT2D eigenvalue weighted by molar-refractivity contribution is 6.34. The van der Waals surface area contributed by atoms with Gasteiger partial charge in [-0.2, -0.15) is 0 Å². The number of para-hydroxylation sites is 1. The maximum atomic E-state index is 12.4. The van der Waals surface area contributed by atoms with Gasteiger partial charge in [0.05, 0.1) is 18.2 Å². The predicted molar refractivity (Wildman–Crippen MR) is 87.7 cm³/mol. The molecule has 4 nitrogen and oxygen atoms in total. The van der Waals surface area contributed by atoms with Gasteiger partial charge in [-0.15, -0.1) is 0 Å². The van der Waals surface area contributed by atoms with E-state index >= 15 is 0 Å². The van der Waals surface area contributed by atoms with Crippen LogP contribution in [-0.4, -0.2) is 18.0 Å². The molecule has 0 aliphatic rings. The van der Waals surface area contributed by atoms with Crippen molar-refractivity contribution in [3.63, 3.8) is 0 Å². The number of nitrogens with zero attached hydrogens (tertiary/aromatic N) is 1. The van der Waals surface area contributed by atoms with Crippen LogP contribution in [0.1, 0.15) is 35.4 Å². The Morgan fingerprint density at radius 1 is 1.27 bits per heavy atom. The summed E-state index contributed by atoms with van der Waals surface area (Å²) in [6.07, 6.45) is 0.699. The summed E-state index contributed by atoms with van der Waals surface area (Å²) in [5, 5.41) is 3.40. The zero-order chi connectivity index (χ0) is 16.1. The van der Waals surface area contributed by atoms with Gasteiger partial charge in [-0.05, 0) is 24.6 Å². The number of nitrogens with one attached hydrogen (secondary N) is 1. The van der Waals surface area contributed by atoms with Crippen LogP contribution in [0.5, 0.6) is 5.75 Å². The van der Waals surface area contributed by atoms with E-state index in [0.29, 0.717) is 6.42 Å². The van der Waals surface area contributed by atoms with Crippen molar-refractivity contribution in [2.24, 2.45) is 0 Å². The fourth-order valence-electron chi connectivity index (χ4n) is 2.16. The molecule has 1 aromatic heterocycles. The van der Waals surface area contributed by atoms with Gasteiger partial charge in [0.2, 0.25) is 0 Å². The first kappa shape index (κ1) is 16.6. The largest absolute Gasteiger partial charge is 0.496 e. The molecule has 0 radical (unpaired) electrons. The van der Waals surface area contributed by atoms with Crippen LogP contribution in [0, 0.1) is 0 Å². The van der Waals surface area contributed by atoms with E-state index in [2.05, 4.69) is 10.3 Å². The molecule has 0 fully saturated rings. The zero-order valence-corrected chi connectivity index (χ0v) is 13.8. The monoisotopic (exact) mass is 338 g/mol. The van der Waals surface area contributed by atoms with Gasteiger partial charge in [-0.3, -0.25) is 4.79 Å². The second kappa shape index (κ2) is 7.47. The van der Waals surface area contributed by atoms with Crippen LogP contribution >= 0.6 is 23.2 Å². The maximum Gasteiger partial charge on any atom is 0.271 e. The number of rotatable bonds is 5. The molecule has 2 rings (SSSR count). The second-order valence-electron chi connectivity index (χ2n) is 4.64. The second-order valence-corrected chi connectivity index (χ2v) is 5.44. The minimum absolute atomic E-state index is 0.113. The molecule has 1 amide bonds. The third-order valence-corrected chi connectivity index (χ3v) is 3.77. The Balaban J connectivity index is 2.26. The van der Waals surface area contributed by atoms with Crippen molar-refractivity contribution >= 4 is 29.1 Å². The topological polar surface area (TPSA) is 51.2 Å². The smallest absolute Gasteiger partial charge is 0.271 e. The molecule has 1 heterocycles. The van der Waals surface area contributed by atoms with Crippen LogP contribution in [-0.2, 0) is 0 Å². The number of carbonyl (C=O) groups excluding carboxylic acids is 1. The van der Waals surface area contributed by atoms with E-state index in [1.54, 1.807) is 13.2 Å². The lowest BCUT2D eigenvalue weighted by Crippen LogP contribution is -2.29. The molecule has 0 bridgehead atoms. The number of methoxy groups -OCH3 is 1. The Kier molecular flexibility index (Phi) is 5.63. The molecule has 1 unspecified atom stereocenters. The molecule has 0 saturated heterocycles. The number of hydrogen-bond donors (Lipinski definition) is 1. The molecule has 116 valence electrons. The Morgan fingerprint density at radius 2 is 2.00 bits per heavy atom.